The smallest absolute Gasteiger partial charge is 0.136 e. The van der Waals surface area contributed by atoms with Gasteiger partial charge in [-0.2, -0.15) is 5.10 Å². The predicted molar refractivity (Wildman–Crippen MR) is 77.8 cm³/mol. The van der Waals surface area contributed by atoms with Gasteiger partial charge in [0.2, 0.25) is 0 Å². The second-order valence-corrected chi connectivity index (χ2v) is 6.88. The molecule has 0 amide bonds. The van der Waals surface area contributed by atoms with E-state index in [9.17, 15) is 0 Å². The first kappa shape index (κ1) is 14.3. The highest BCUT2D eigenvalue weighted by Crippen LogP contribution is 2.29. The molecule has 0 saturated heterocycles. The lowest BCUT2D eigenvalue weighted by atomic mass is 9.96. The first-order chi connectivity index (χ1) is 8.75. The summed E-state index contributed by atoms with van der Waals surface area (Å²) in [6, 6.07) is 3.81. The molecule has 2 aromatic heterocycles. The molecule has 0 spiro atoms. The average molecular weight is 297 g/mol. The third-order valence-corrected chi connectivity index (χ3v) is 3.71. The highest BCUT2D eigenvalue weighted by molar-refractivity contribution is 7.99. The molecule has 0 aliphatic carbocycles. The van der Waals surface area contributed by atoms with Gasteiger partial charge >= 0.3 is 0 Å². The van der Waals surface area contributed by atoms with Crippen LogP contribution in [0.4, 0.5) is 0 Å². The van der Waals surface area contributed by atoms with Crippen LogP contribution in [0.1, 0.15) is 32.3 Å². The molecule has 0 unspecified atom stereocenters. The molecule has 0 aliphatic heterocycles. The first-order valence-electron chi connectivity index (χ1n) is 5.99. The van der Waals surface area contributed by atoms with E-state index in [1.54, 1.807) is 17.8 Å². The van der Waals surface area contributed by atoms with Gasteiger partial charge in [-0.25, -0.2) is 9.97 Å². The molecule has 6 heteroatoms. The number of nitrogens with zero attached hydrogens (tertiary/aromatic N) is 4. The zero-order valence-corrected chi connectivity index (χ0v) is 13.3. The molecule has 0 saturated carbocycles. The van der Waals surface area contributed by atoms with E-state index in [1.807, 2.05) is 24.7 Å². The topological polar surface area (TPSA) is 43.6 Å². The van der Waals surface area contributed by atoms with Crippen molar-refractivity contribution >= 4 is 23.4 Å². The standard InChI is InChI=1S/C13H17ClN4S/c1-8-6-11(18(5)17-8)19-10-7-9(14)15-12(16-10)13(2,3)4/h6-7H,1-5H3. The molecule has 2 heterocycles. The molecule has 0 fully saturated rings. The molecule has 0 bridgehead atoms. The largest absolute Gasteiger partial charge is 0.261 e. The van der Waals surface area contributed by atoms with Gasteiger partial charge in [-0.3, -0.25) is 4.68 Å². The zero-order chi connectivity index (χ0) is 14.2. The second-order valence-electron chi connectivity index (χ2n) is 5.45. The van der Waals surface area contributed by atoms with Gasteiger partial charge in [0, 0.05) is 18.5 Å². The van der Waals surface area contributed by atoms with E-state index in [4.69, 9.17) is 11.6 Å². The number of hydrogen-bond donors (Lipinski definition) is 0. The molecule has 4 nitrogen and oxygen atoms in total. The first-order valence-corrected chi connectivity index (χ1v) is 7.19. The van der Waals surface area contributed by atoms with E-state index in [0.717, 1.165) is 21.6 Å². The molecule has 0 N–H and O–H groups in total. The van der Waals surface area contributed by atoms with Crippen LogP contribution in [-0.4, -0.2) is 19.7 Å². The molecular formula is C13H17ClN4S. The monoisotopic (exact) mass is 296 g/mol. The lowest BCUT2D eigenvalue weighted by Gasteiger charge is -2.17. The molecule has 102 valence electrons. The van der Waals surface area contributed by atoms with Crippen LogP contribution in [0.5, 0.6) is 0 Å². The van der Waals surface area contributed by atoms with Crippen LogP contribution < -0.4 is 0 Å². The number of aromatic nitrogens is 4. The van der Waals surface area contributed by atoms with Crippen molar-refractivity contribution in [3.8, 4) is 0 Å². The Bertz CT molecular complexity index is 601. The van der Waals surface area contributed by atoms with Gasteiger partial charge in [0.15, 0.2) is 0 Å². The number of rotatable bonds is 2. The van der Waals surface area contributed by atoms with Gasteiger partial charge in [0.25, 0.3) is 0 Å². The third-order valence-electron chi connectivity index (χ3n) is 2.51. The molecule has 0 aliphatic rings. The van der Waals surface area contributed by atoms with Crippen LogP contribution in [0.2, 0.25) is 5.15 Å². The Labute approximate surface area is 122 Å². The van der Waals surface area contributed by atoms with Crippen LogP contribution >= 0.6 is 23.4 Å². The minimum atomic E-state index is -0.122. The molecule has 0 aromatic carbocycles. The summed E-state index contributed by atoms with van der Waals surface area (Å²) in [6.07, 6.45) is 0. The normalized spacial score (nSPS) is 11.9. The van der Waals surface area contributed by atoms with Crippen molar-refractivity contribution in [2.45, 2.75) is 43.2 Å². The van der Waals surface area contributed by atoms with E-state index in [-0.39, 0.29) is 5.41 Å². The fourth-order valence-electron chi connectivity index (χ4n) is 1.57. The van der Waals surface area contributed by atoms with Gasteiger partial charge in [0.05, 0.1) is 5.69 Å². The van der Waals surface area contributed by atoms with Gasteiger partial charge in [0.1, 0.15) is 21.0 Å². The summed E-state index contributed by atoms with van der Waals surface area (Å²) in [5.74, 6) is 0.751. The SMILES string of the molecule is Cc1cc(Sc2cc(Cl)nc(C(C)(C)C)n2)n(C)n1. The molecular weight excluding hydrogens is 280 g/mol. The summed E-state index contributed by atoms with van der Waals surface area (Å²) in [7, 11) is 1.92. The molecule has 0 radical (unpaired) electrons. The van der Waals surface area contributed by atoms with E-state index in [2.05, 4.69) is 35.8 Å². The Balaban J connectivity index is 2.35. The molecule has 2 rings (SSSR count). The van der Waals surface area contributed by atoms with Crippen LogP contribution in [0.3, 0.4) is 0 Å². The predicted octanol–water partition coefficient (Wildman–Crippen LogP) is 3.62. The second kappa shape index (κ2) is 5.13. The van der Waals surface area contributed by atoms with Crippen molar-refractivity contribution in [3.63, 3.8) is 0 Å². The molecule has 2 aromatic rings. The van der Waals surface area contributed by atoms with Crippen LogP contribution in [-0.2, 0) is 12.5 Å². The van der Waals surface area contributed by atoms with Crippen molar-refractivity contribution in [1.29, 1.82) is 0 Å². The molecule has 19 heavy (non-hydrogen) atoms. The summed E-state index contributed by atoms with van der Waals surface area (Å²) in [5.41, 5.74) is 0.865. The van der Waals surface area contributed by atoms with E-state index >= 15 is 0 Å². The van der Waals surface area contributed by atoms with Crippen molar-refractivity contribution in [2.75, 3.05) is 0 Å². The Morgan fingerprint density at radius 2 is 1.89 bits per heavy atom. The van der Waals surface area contributed by atoms with Crippen molar-refractivity contribution < 1.29 is 0 Å². The van der Waals surface area contributed by atoms with E-state index in [1.165, 1.54) is 0 Å². The maximum atomic E-state index is 6.08. The zero-order valence-electron chi connectivity index (χ0n) is 11.7. The van der Waals surface area contributed by atoms with Gasteiger partial charge in [-0.05, 0) is 13.0 Å². The number of halogens is 1. The maximum Gasteiger partial charge on any atom is 0.136 e. The Morgan fingerprint density at radius 1 is 1.21 bits per heavy atom. The average Bonchev–Trinajstić information content (AvgIpc) is 2.55. The Hall–Kier alpha value is -1.07. The Kier molecular flexibility index (Phi) is 3.87. The maximum absolute atomic E-state index is 6.08. The Morgan fingerprint density at radius 3 is 2.42 bits per heavy atom. The highest BCUT2D eigenvalue weighted by Gasteiger charge is 2.19. The van der Waals surface area contributed by atoms with Crippen molar-refractivity contribution in [2.24, 2.45) is 7.05 Å². The lowest BCUT2D eigenvalue weighted by Crippen LogP contribution is -2.16. The summed E-state index contributed by atoms with van der Waals surface area (Å²) < 4.78 is 1.84. The minimum absolute atomic E-state index is 0.122. The fraction of sp³-hybridized carbons (Fsp3) is 0.462. The van der Waals surface area contributed by atoms with E-state index in [0.29, 0.717) is 5.15 Å². The van der Waals surface area contributed by atoms with Crippen molar-refractivity contribution in [1.82, 2.24) is 19.7 Å². The summed E-state index contributed by atoms with van der Waals surface area (Å²) >= 11 is 7.62. The fourth-order valence-corrected chi connectivity index (χ4v) is 2.74. The number of aryl methyl sites for hydroxylation is 2. The number of hydrogen-bond acceptors (Lipinski definition) is 4. The lowest BCUT2D eigenvalue weighted by molar-refractivity contribution is 0.538. The summed E-state index contributed by atoms with van der Waals surface area (Å²) in [6.45, 7) is 8.18. The van der Waals surface area contributed by atoms with Gasteiger partial charge < -0.3 is 0 Å². The van der Waals surface area contributed by atoms with E-state index < -0.39 is 0 Å². The highest BCUT2D eigenvalue weighted by atomic mass is 35.5. The van der Waals surface area contributed by atoms with Gasteiger partial charge in [-0.1, -0.05) is 44.1 Å². The van der Waals surface area contributed by atoms with Crippen molar-refractivity contribution in [3.05, 3.63) is 28.8 Å². The summed E-state index contributed by atoms with van der Waals surface area (Å²) in [4.78, 5) is 8.87. The van der Waals surface area contributed by atoms with Crippen LogP contribution in [0.25, 0.3) is 0 Å². The molecule has 0 atom stereocenters. The van der Waals surface area contributed by atoms with Gasteiger partial charge in [-0.15, -0.1) is 0 Å². The minimum Gasteiger partial charge on any atom is -0.261 e. The van der Waals surface area contributed by atoms with Crippen LogP contribution in [0, 0.1) is 6.92 Å². The summed E-state index contributed by atoms with van der Waals surface area (Å²) in [5, 5.41) is 6.67. The van der Waals surface area contributed by atoms with Crippen LogP contribution in [0.15, 0.2) is 22.2 Å². The third kappa shape index (κ3) is 3.48. The quantitative estimate of drug-likeness (QED) is 0.794.